The number of esters is 1. The van der Waals surface area contributed by atoms with Gasteiger partial charge < -0.3 is 4.74 Å². The fraction of sp³-hybridized carbons (Fsp3) is 0.800. The zero-order valence-electron chi connectivity index (χ0n) is 8.51. The van der Waals surface area contributed by atoms with Crippen LogP contribution in [0.15, 0.2) is 0 Å². The van der Waals surface area contributed by atoms with E-state index < -0.39 is 5.41 Å². The fourth-order valence-corrected chi connectivity index (χ4v) is 2.08. The van der Waals surface area contributed by atoms with Crippen LogP contribution in [0.3, 0.4) is 0 Å². The van der Waals surface area contributed by atoms with E-state index in [1.165, 1.54) is 0 Å². The third kappa shape index (κ3) is 1.92. The van der Waals surface area contributed by atoms with Crippen LogP contribution in [0.1, 0.15) is 33.1 Å². The van der Waals surface area contributed by atoms with Crippen molar-refractivity contribution in [1.82, 2.24) is 0 Å². The number of rotatable bonds is 4. The molecule has 0 heterocycles. The molecule has 4 heteroatoms. The van der Waals surface area contributed by atoms with Crippen molar-refractivity contribution in [3.05, 3.63) is 0 Å². The van der Waals surface area contributed by atoms with Gasteiger partial charge in [0.1, 0.15) is 0 Å². The van der Waals surface area contributed by atoms with E-state index >= 15 is 0 Å². The van der Waals surface area contributed by atoms with Crippen LogP contribution in [0.2, 0.25) is 0 Å². The molecule has 0 radical (unpaired) electrons. The molecule has 0 atom stereocenters. The van der Waals surface area contributed by atoms with E-state index in [9.17, 15) is 9.59 Å². The molecule has 14 heavy (non-hydrogen) atoms. The lowest BCUT2D eigenvalue weighted by Gasteiger charge is -2.43. The van der Waals surface area contributed by atoms with E-state index in [1.54, 1.807) is 6.92 Å². The van der Waals surface area contributed by atoms with Gasteiger partial charge in [-0.05, 0) is 37.8 Å². The highest BCUT2D eigenvalue weighted by atomic mass is 35.5. The van der Waals surface area contributed by atoms with Gasteiger partial charge in [0.05, 0.1) is 12.0 Å². The first-order chi connectivity index (χ1) is 6.55. The second-order valence-corrected chi connectivity index (χ2v) is 4.14. The highest BCUT2D eigenvalue weighted by molar-refractivity contribution is 6.64. The largest absolute Gasteiger partial charge is 0.466 e. The standard InChI is InChI=1S/C10H15ClO3/c1-3-10(9(13)14-4-2)5-7(6-10)8(11)12/h7H,3-6H2,1-2H3. The molecule has 1 aliphatic rings. The second-order valence-electron chi connectivity index (χ2n) is 3.76. The molecule has 0 unspecified atom stereocenters. The summed E-state index contributed by atoms with van der Waals surface area (Å²) in [5, 5.41) is -0.335. The van der Waals surface area contributed by atoms with Crippen LogP contribution in [0.5, 0.6) is 0 Å². The molecule has 1 fully saturated rings. The Kier molecular flexibility index (Phi) is 3.53. The third-order valence-corrected chi connectivity index (χ3v) is 3.29. The van der Waals surface area contributed by atoms with Crippen molar-refractivity contribution in [2.24, 2.45) is 11.3 Å². The van der Waals surface area contributed by atoms with Crippen molar-refractivity contribution >= 4 is 22.8 Å². The Labute approximate surface area is 88.8 Å². The Morgan fingerprint density at radius 2 is 2.00 bits per heavy atom. The number of carbonyl (C=O) groups excluding carboxylic acids is 2. The minimum absolute atomic E-state index is 0.152. The quantitative estimate of drug-likeness (QED) is 0.536. The fourth-order valence-electron chi connectivity index (χ4n) is 1.93. The van der Waals surface area contributed by atoms with Gasteiger partial charge in [0.25, 0.3) is 0 Å². The van der Waals surface area contributed by atoms with Crippen LogP contribution >= 0.6 is 11.6 Å². The molecule has 0 aromatic heterocycles. The number of ether oxygens (including phenoxy) is 1. The van der Waals surface area contributed by atoms with Crippen LogP contribution in [0.4, 0.5) is 0 Å². The molecule has 1 rings (SSSR count). The highest BCUT2D eigenvalue weighted by Crippen LogP contribution is 2.49. The van der Waals surface area contributed by atoms with Gasteiger partial charge in [-0.25, -0.2) is 0 Å². The predicted octanol–water partition coefficient (Wildman–Crippen LogP) is 2.12. The Morgan fingerprint density at radius 1 is 1.43 bits per heavy atom. The molecule has 0 amide bonds. The lowest BCUT2D eigenvalue weighted by atomic mass is 9.61. The topological polar surface area (TPSA) is 43.4 Å². The van der Waals surface area contributed by atoms with Crippen molar-refractivity contribution in [1.29, 1.82) is 0 Å². The van der Waals surface area contributed by atoms with Gasteiger partial charge in [-0.15, -0.1) is 0 Å². The molecule has 0 aromatic carbocycles. The summed E-state index contributed by atoms with van der Waals surface area (Å²) in [6.07, 6.45) is 1.81. The summed E-state index contributed by atoms with van der Waals surface area (Å²) in [7, 11) is 0. The van der Waals surface area contributed by atoms with Crippen LogP contribution < -0.4 is 0 Å². The van der Waals surface area contributed by atoms with Crippen molar-refractivity contribution in [3.63, 3.8) is 0 Å². The monoisotopic (exact) mass is 218 g/mol. The maximum absolute atomic E-state index is 11.6. The summed E-state index contributed by atoms with van der Waals surface area (Å²) in [5.74, 6) is -0.335. The van der Waals surface area contributed by atoms with Crippen molar-refractivity contribution in [2.75, 3.05) is 6.61 Å². The predicted molar refractivity (Wildman–Crippen MR) is 52.9 cm³/mol. The average molecular weight is 219 g/mol. The van der Waals surface area contributed by atoms with Crippen molar-refractivity contribution in [3.8, 4) is 0 Å². The molecular weight excluding hydrogens is 204 g/mol. The molecule has 3 nitrogen and oxygen atoms in total. The lowest BCUT2D eigenvalue weighted by molar-refractivity contribution is -0.165. The Balaban J connectivity index is 2.56. The molecule has 0 aromatic rings. The summed E-state index contributed by atoms with van der Waals surface area (Å²) in [5.41, 5.74) is -0.439. The molecule has 0 spiro atoms. The van der Waals surface area contributed by atoms with E-state index in [2.05, 4.69) is 0 Å². The molecule has 1 aliphatic carbocycles. The highest BCUT2D eigenvalue weighted by Gasteiger charge is 2.51. The summed E-state index contributed by atoms with van der Waals surface area (Å²) < 4.78 is 4.97. The van der Waals surface area contributed by atoms with E-state index in [4.69, 9.17) is 16.3 Å². The SMILES string of the molecule is CCOC(=O)C1(CC)CC(C(=O)Cl)C1. The second kappa shape index (κ2) is 4.30. The molecule has 0 bridgehead atoms. The van der Waals surface area contributed by atoms with Gasteiger partial charge in [0, 0.05) is 5.92 Å². The lowest BCUT2D eigenvalue weighted by Crippen LogP contribution is -2.46. The first kappa shape index (κ1) is 11.5. The van der Waals surface area contributed by atoms with Crippen LogP contribution in [0, 0.1) is 11.3 Å². The Morgan fingerprint density at radius 3 is 2.36 bits per heavy atom. The first-order valence-electron chi connectivity index (χ1n) is 4.92. The maximum atomic E-state index is 11.6. The van der Waals surface area contributed by atoms with E-state index in [0.29, 0.717) is 25.9 Å². The molecule has 1 saturated carbocycles. The van der Waals surface area contributed by atoms with Gasteiger partial charge >= 0.3 is 5.97 Å². The number of hydrogen-bond donors (Lipinski definition) is 0. The zero-order chi connectivity index (χ0) is 10.8. The maximum Gasteiger partial charge on any atom is 0.312 e. The number of halogens is 1. The smallest absolute Gasteiger partial charge is 0.312 e. The Hall–Kier alpha value is -0.570. The van der Waals surface area contributed by atoms with Gasteiger partial charge in [0.2, 0.25) is 5.24 Å². The minimum atomic E-state index is -0.439. The summed E-state index contributed by atoms with van der Waals surface area (Å²) >= 11 is 5.35. The first-order valence-corrected chi connectivity index (χ1v) is 5.30. The minimum Gasteiger partial charge on any atom is -0.466 e. The molecule has 80 valence electrons. The number of carbonyl (C=O) groups is 2. The van der Waals surface area contributed by atoms with Crippen LogP contribution in [0.25, 0.3) is 0 Å². The van der Waals surface area contributed by atoms with Crippen molar-refractivity contribution < 1.29 is 14.3 Å². The molecular formula is C10H15ClO3. The molecule has 0 saturated heterocycles. The van der Waals surface area contributed by atoms with Crippen molar-refractivity contribution in [2.45, 2.75) is 33.1 Å². The summed E-state index contributed by atoms with van der Waals surface area (Å²) in [6.45, 7) is 4.11. The summed E-state index contributed by atoms with van der Waals surface area (Å²) in [6, 6.07) is 0. The van der Waals surface area contributed by atoms with Crippen LogP contribution in [-0.2, 0) is 14.3 Å². The van der Waals surface area contributed by atoms with Gasteiger partial charge in [-0.1, -0.05) is 6.92 Å². The van der Waals surface area contributed by atoms with E-state index in [-0.39, 0.29) is 17.1 Å². The van der Waals surface area contributed by atoms with E-state index in [0.717, 1.165) is 0 Å². The average Bonchev–Trinajstić information content (AvgIpc) is 2.03. The third-order valence-electron chi connectivity index (χ3n) is 2.98. The Bertz CT molecular complexity index is 244. The van der Waals surface area contributed by atoms with Gasteiger partial charge in [-0.2, -0.15) is 0 Å². The molecule has 0 aliphatic heterocycles. The van der Waals surface area contributed by atoms with E-state index in [1.807, 2.05) is 6.92 Å². The van der Waals surface area contributed by atoms with Gasteiger partial charge in [0.15, 0.2) is 0 Å². The normalized spacial score (nSPS) is 30.6. The van der Waals surface area contributed by atoms with Crippen LogP contribution in [-0.4, -0.2) is 17.8 Å². The number of hydrogen-bond acceptors (Lipinski definition) is 3. The summed E-state index contributed by atoms with van der Waals surface area (Å²) in [4.78, 5) is 22.4. The zero-order valence-corrected chi connectivity index (χ0v) is 9.26. The molecule has 0 N–H and O–H groups in total. The van der Waals surface area contributed by atoms with Gasteiger partial charge in [-0.3, -0.25) is 9.59 Å².